The van der Waals surface area contributed by atoms with Gasteiger partial charge >= 0.3 is 5.97 Å². The molecular weight excluding hydrogens is 330 g/mol. The van der Waals surface area contributed by atoms with Crippen molar-refractivity contribution in [1.29, 1.82) is 0 Å². The molecule has 130 valence electrons. The fraction of sp³-hybridized carbons (Fsp3) is 0.312. The first-order valence-corrected chi connectivity index (χ1v) is 6.99. The van der Waals surface area contributed by atoms with Crippen molar-refractivity contribution in [3.05, 3.63) is 59.0 Å². The number of hydrogen-bond donors (Lipinski definition) is 0. The van der Waals surface area contributed by atoms with Crippen LogP contribution in [0.3, 0.4) is 0 Å². The van der Waals surface area contributed by atoms with E-state index in [0.717, 1.165) is 0 Å². The molecule has 1 aromatic rings. The van der Waals surface area contributed by atoms with Gasteiger partial charge in [0.15, 0.2) is 0 Å². The quantitative estimate of drug-likeness (QED) is 0.368. The molecule has 0 atom stereocenters. The van der Waals surface area contributed by atoms with E-state index in [9.17, 15) is 27.3 Å². The van der Waals surface area contributed by atoms with Crippen LogP contribution >= 0.6 is 0 Å². The van der Waals surface area contributed by atoms with E-state index in [4.69, 9.17) is 4.74 Å². The first-order chi connectivity index (χ1) is 11.4. The molecule has 0 heterocycles. The Bertz CT molecular complexity index is 613. The van der Waals surface area contributed by atoms with Crippen LogP contribution in [0.5, 0.6) is 0 Å². The summed E-state index contributed by atoms with van der Waals surface area (Å²) in [5.41, 5.74) is -1.54. The van der Waals surface area contributed by atoms with Gasteiger partial charge in [0.2, 0.25) is 0 Å². The minimum atomic E-state index is -2.04. The van der Waals surface area contributed by atoms with E-state index in [1.165, 1.54) is 31.2 Å². The van der Waals surface area contributed by atoms with Crippen LogP contribution in [0.15, 0.2) is 53.8 Å². The second kappa shape index (κ2) is 8.95. The number of ether oxygens (including phenoxy) is 1. The number of rotatable bonds is 8. The Morgan fingerprint density at radius 2 is 1.58 bits per heavy atom. The molecule has 0 bridgehead atoms. The monoisotopic (exact) mass is 345 g/mol. The van der Waals surface area contributed by atoms with Crippen LogP contribution in [0.4, 0.5) is 23.2 Å². The highest BCUT2D eigenvalue weighted by Crippen LogP contribution is 2.36. The van der Waals surface area contributed by atoms with Crippen molar-refractivity contribution in [2.45, 2.75) is 25.2 Å². The van der Waals surface area contributed by atoms with Crippen LogP contribution in [0, 0.1) is 4.91 Å². The topological polar surface area (TPSA) is 55.7 Å². The molecule has 0 N–H and O–H groups in total. The van der Waals surface area contributed by atoms with Crippen molar-refractivity contribution in [3.8, 4) is 0 Å². The lowest BCUT2D eigenvalue weighted by Gasteiger charge is -2.30. The minimum Gasteiger partial charge on any atom is -0.465 e. The molecule has 0 aliphatic carbocycles. The second-order valence-electron chi connectivity index (χ2n) is 4.84. The zero-order valence-corrected chi connectivity index (χ0v) is 12.8. The number of carbonyl (C=O) groups is 1. The third-order valence-electron chi connectivity index (χ3n) is 3.40. The van der Waals surface area contributed by atoms with Gasteiger partial charge in [-0.05, 0) is 54.8 Å². The highest BCUT2D eigenvalue weighted by atomic mass is 19.3. The van der Waals surface area contributed by atoms with Crippen molar-refractivity contribution in [1.82, 2.24) is 0 Å². The Morgan fingerprint density at radius 3 is 1.96 bits per heavy atom. The molecule has 0 saturated carbocycles. The average Bonchev–Trinajstić information content (AvgIpc) is 2.55. The second-order valence-corrected chi connectivity index (χ2v) is 4.84. The molecule has 0 spiro atoms. The standard InChI is InChI=1S/C16H15F4NO3/c1-2-24-15(22)16(9-7-13(17)18,10-8-14(19)20)11-3-5-12(21-23)6-4-11/h3-8H,2,9-10H2,1H3. The van der Waals surface area contributed by atoms with E-state index < -0.39 is 36.4 Å². The summed E-state index contributed by atoms with van der Waals surface area (Å²) in [6.07, 6.45) is -4.20. The zero-order valence-electron chi connectivity index (χ0n) is 12.8. The van der Waals surface area contributed by atoms with Gasteiger partial charge in [-0.3, -0.25) is 4.79 Å². The van der Waals surface area contributed by atoms with E-state index in [2.05, 4.69) is 5.18 Å². The molecule has 1 rings (SSSR count). The molecule has 0 radical (unpaired) electrons. The smallest absolute Gasteiger partial charge is 0.317 e. The predicted molar refractivity (Wildman–Crippen MR) is 80.0 cm³/mol. The van der Waals surface area contributed by atoms with Gasteiger partial charge in [0.05, 0.1) is 6.61 Å². The lowest BCUT2D eigenvalue weighted by atomic mass is 9.74. The van der Waals surface area contributed by atoms with Crippen molar-refractivity contribution < 1.29 is 27.1 Å². The molecule has 0 amide bonds. The zero-order chi connectivity index (χ0) is 18.2. The van der Waals surface area contributed by atoms with E-state index in [1.807, 2.05) is 0 Å². The number of nitroso groups, excluding NO2 is 1. The van der Waals surface area contributed by atoms with Gasteiger partial charge in [-0.15, -0.1) is 4.91 Å². The van der Waals surface area contributed by atoms with Crippen molar-refractivity contribution in [2.24, 2.45) is 5.18 Å². The third-order valence-corrected chi connectivity index (χ3v) is 3.40. The van der Waals surface area contributed by atoms with Gasteiger partial charge in [0, 0.05) is 0 Å². The Morgan fingerprint density at radius 1 is 1.08 bits per heavy atom. The van der Waals surface area contributed by atoms with Gasteiger partial charge in [-0.2, -0.15) is 17.6 Å². The van der Waals surface area contributed by atoms with Crippen LogP contribution in [0.25, 0.3) is 0 Å². The van der Waals surface area contributed by atoms with E-state index >= 15 is 0 Å². The molecule has 24 heavy (non-hydrogen) atoms. The lowest BCUT2D eigenvalue weighted by molar-refractivity contribution is -0.150. The summed E-state index contributed by atoms with van der Waals surface area (Å²) in [6, 6.07) is 5.14. The van der Waals surface area contributed by atoms with Crippen LogP contribution in [0.1, 0.15) is 25.3 Å². The van der Waals surface area contributed by atoms with Gasteiger partial charge < -0.3 is 4.74 Å². The number of esters is 1. The van der Waals surface area contributed by atoms with Gasteiger partial charge in [-0.1, -0.05) is 12.1 Å². The Kier molecular flexibility index (Phi) is 7.29. The van der Waals surface area contributed by atoms with Crippen LogP contribution in [0.2, 0.25) is 0 Å². The molecule has 1 aromatic carbocycles. The van der Waals surface area contributed by atoms with Crippen molar-refractivity contribution >= 4 is 11.7 Å². The number of halogens is 4. The molecule has 0 unspecified atom stereocenters. The SMILES string of the molecule is CCOC(=O)C(CC=C(F)F)(CC=C(F)F)c1ccc(N=O)cc1. The maximum absolute atomic E-state index is 12.5. The Labute approximate surface area is 135 Å². The maximum atomic E-state index is 12.5. The summed E-state index contributed by atoms with van der Waals surface area (Å²) in [5.74, 6) is -0.910. The average molecular weight is 345 g/mol. The first kappa shape index (κ1) is 19.5. The van der Waals surface area contributed by atoms with Crippen molar-refractivity contribution in [2.75, 3.05) is 6.61 Å². The molecule has 0 aliphatic rings. The maximum Gasteiger partial charge on any atom is 0.317 e. The van der Waals surface area contributed by atoms with Crippen LogP contribution < -0.4 is 0 Å². The van der Waals surface area contributed by atoms with Crippen molar-refractivity contribution in [3.63, 3.8) is 0 Å². The number of hydrogen-bond acceptors (Lipinski definition) is 4. The highest BCUT2D eigenvalue weighted by Gasteiger charge is 2.40. The number of benzene rings is 1. The lowest BCUT2D eigenvalue weighted by Crippen LogP contribution is -2.37. The predicted octanol–water partition coefficient (Wildman–Crippen LogP) is 5.23. The van der Waals surface area contributed by atoms with Gasteiger partial charge in [0.25, 0.3) is 12.2 Å². The van der Waals surface area contributed by atoms with E-state index in [1.54, 1.807) is 0 Å². The normalized spacial score (nSPS) is 10.7. The third kappa shape index (κ3) is 5.00. The molecule has 0 aromatic heterocycles. The molecule has 0 saturated heterocycles. The summed E-state index contributed by atoms with van der Waals surface area (Å²) >= 11 is 0. The first-order valence-electron chi connectivity index (χ1n) is 6.99. The van der Waals surface area contributed by atoms with Gasteiger partial charge in [-0.25, -0.2) is 0 Å². The number of allylic oxidation sites excluding steroid dienone is 2. The summed E-state index contributed by atoms with van der Waals surface area (Å²) in [6.45, 7) is 1.47. The Hall–Kier alpha value is -2.51. The molecule has 0 fully saturated rings. The van der Waals surface area contributed by atoms with E-state index in [-0.39, 0.29) is 17.9 Å². The summed E-state index contributed by atoms with van der Waals surface area (Å²) < 4.78 is 55.1. The van der Waals surface area contributed by atoms with Crippen LogP contribution in [-0.2, 0) is 14.9 Å². The summed E-state index contributed by atoms with van der Waals surface area (Å²) in [7, 11) is 0. The largest absolute Gasteiger partial charge is 0.465 e. The Balaban J connectivity index is 3.45. The molecule has 8 heteroatoms. The molecule has 4 nitrogen and oxygen atoms in total. The fourth-order valence-corrected chi connectivity index (χ4v) is 2.22. The molecular formula is C16H15F4NO3. The summed E-state index contributed by atoms with van der Waals surface area (Å²) in [5, 5.41) is 2.69. The minimum absolute atomic E-state index is 0.0434. The number of nitrogens with zero attached hydrogens (tertiary/aromatic N) is 1. The molecule has 0 aliphatic heterocycles. The number of carbonyl (C=O) groups excluding carboxylic acids is 1. The van der Waals surface area contributed by atoms with E-state index in [0.29, 0.717) is 12.2 Å². The fourth-order valence-electron chi connectivity index (χ4n) is 2.22. The van der Waals surface area contributed by atoms with Gasteiger partial charge in [0.1, 0.15) is 11.1 Å². The van der Waals surface area contributed by atoms with Crippen LogP contribution in [-0.4, -0.2) is 12.6 Å². The highest BCUT2D eigenvalue weighted by molar-refractivity contribution is 5.84. The summed E-state index contributed by atoms with van der Waals surface area (Å²) in [4.78, 5) is 22.9.